The molecule has 1 fully saturated rings. The first-order valence-corrected chi connectivity index (χ1v) is 6.30. The van der Waals surface area contributed by atoms with E-state index < -0.39 is 11.7 Å². The van der Waals surface area contributed by atoms with Gasteiger partial charge in [0, 0.05) is 0 Å². The van der Waals surface area contributed by atoms with Gasteiger partial charge in [-0.15, -0.1) is 0 Å². The molecule has 0 aliphatic heterocycles. The number of alkyl halides is 3. The first-order valence-electron chi connectivity index (χ1n) is 6.30. The standard InChI is InChI=1S/C14H15F3O2/c15-14(16,17)12-6-5-11(8-18)13(7-12)19-9-10-3-1-2-4-10/h5-8,10H,1-4,9H2. The molecule has 0 unspecified atom stereocenters. The predicted molar refractivity (Wildman–Crippen MR) is 64.3 cm³/mol. The summed E-state index contributed by atoms with van der Waals surface area (Å²) in [6, 6.07) is 2.95. The highest BCUT2D eigenvalue weighted by atomic mass is 19.4. The quantitative estimate of drug-likeness (QED) is 0.772. The average molecular weight is 272 g/mol. The lowest BCUT2D eigenvalue weighted by molar-refractivity contribution is -0.137. The third-order valence-corrected chi connectivity index (χ3v) is 3.42. The topological polar surface area (TPSA) is 26.3 Å². The van der Waals surface area contributed by atoms with E-state index in [1.165, 1.54) is 0 Å². The van der Waals surface area contributed by atoms with Crippen molar-refractivity contribution in [3.8, 4) is 5.75 Å². The number of aldehydes is 1. The van der Waals surface area contributed by atoms with Crippen LogP contribution in [0.3, 0.4) is 0 Å². The zero-order valence-electron chi connectivity index (χ0n) is 10.4. The van der Waals surface area contributed by atoms with Crippen molar-refractivity contribution in [1.82, 2.24) is 0 Å². The molecule has 1 aromatic rings. The zero-order chi connectivity index (χ0) is 13.9. The van der Waals surface area contributed by atoms with Crippen molar-refractivity contribution in [2.45, 2.75) is 31.9 Å². The fourth-order valence-electron chi connectivity index (χ4n) is 2.32. The summed E-state index contributed by atoms with van der Waals surface area (Å²) in [5.74, 6) is 0.408. The molecule has 1 aromatic carbocycles. The number of rotatable bonds is 4. The monoisotopic (exact) mass is 272 g/mol. The van der Waals surface area contributed by atoms with Crippen LogP contribution in [0.5, 0.6) is 5.75 Å². The molecule has 0 bridgehead atoms. The maximum absolute atomic E-state index is 12.6. The molecule has 0 aromatic heterocycles. The maximum Gasteiger partial charge on any atom is 0.416 e. The van der Waals surface area contributed by atoms with Gasteiger partial charge in [-0.2, -0.15) is 13.2 Å². The van der Waals surface area contributed by atoms with Crippen LogP contribution in [0.15, 0.2) is 18.2 Å². The van der Waals surface area contributed by atoms with Crippen LogP contribution in [-0.2, 0) is 6.18 Å². The molecule has 1 saturated carbocycles. The summed E-state index contributed by atoms with van der Waals surface area (Å²) in [5, 5.41) is 0. The van der Waals surface area contributed by atoms with E-state index in [0.29, 0.717) is 18.8 Å². The summed E-state index contributed by atoms with van der Waals surface area (Å²) in [7, 11) is 0. The molecule has 0 saturated heterocycles. The van der Waals surface area contributed by atoms with Gasteiger partial charge in [-0.3, -0.25) is 4.79 Å². The van der Waals surface area contributed by atoms with E-state index in [1.807, 2.05) is 0 Å². The Kier molecular flexibility index (Phi) is 4.12. The molecule has 1 aliphatic carbocycles. The Morgan fingerprint density at radius 1 is 1.26 bits per heavy atom. The minimum atomic E-state index is -4.42. The van der Waals surface area contributed by atoms with E-state index in [1.54, 1.807) is 0 Å². The minimum absolute atomic E-state index is 0.0247. The summed E-state index contributed by atoms with van der Waals surface area (Å²) in [6.45, 7) is 0.377. The first kappa shape index (κ1) is 13.9. The highest BCUT2D eigenvalue weighted by Gasteiger charge is 2.31. The van der Waals surface area contributed by atoms with Crippen LogP contribution in [0.2, 0.25) is 0 Å². The maximum atomic E-state index is 12.6. The van der Waals surface area contributed by atoms with Gasteiger partial charge in [-0.1, -0.05) is 12.8 Å². The molecule has 5 heteroatoms. The smallest absolute Gasteiger partial charge is 0.416 e. The second-order valence-electron chi connectivity index (χ2n) is 4.83. The van der Waals surface area contributed by atoms with Crippen molar-refractivity contribution in [3.63, 3.8) is 0 Å². The number of carbonyl (C=O) groups is 1. The SMILES string of the molecule is O=Cc1ccc(C(F)(F)F)cc1OCC1CCCC1. The van der Waals surface area contributed by atoms with Gasteiger partial charge in [0.1, 0.15) is 5.75 Å². The van der Waals surface area contributed by atoms with Crippen molar-refractivity contribution in [2.24, 2.45) is 5.92 Å². The molecular formula is C14H15F3O2. The van der Waals surface area contributed by atoms with Gasteiger partial charge in [-0.05, 0) is 37.0 Å². The third-order valence-electron chi connectivity index (χ3n) is 3.42. The summed E-state index contributed by atoms with van der Waals surface area (Å²) in [6.07, 6.45) is 0.441. The van der Waals surface area contributed by atoms with Crippen LogP contribution < -0.4 is 4.74 Å². The van der Waals surface area contributed by atoms with E-state index in [2.05, 4.69) is 0 Å². The number of benzene rings is 1. The third kappa shape index (κ3) is 3.49. The first-order chi connectivity index (χ1) is 9.00. The second kappa shape index (κ2) is 5.63. The summed E-state index contributed by atoms with van der Waals surface area (Å²) < 4.78 is 43.2. The van der Waals surface area contributed by atoms with Crippen molar-refractivity contribution in [2.75, 3.05) is 6.61 Å². The Labute approximate surface area is 109 Å². The van der Waals surface area contributed by atoms with E-state index >= 15 is 0 Å². The Morgan fingerprint density at radius 2 is 1.95 bits per heavy atom. The molecule has 2 nitrogen and oxygen atoms in total. The highest BCUT2D eigenvalue weighted by molar-refractivity contribution is 5.79. The summed E-state index contributed by atoms with van der Waals surface area (Å²) in [4.78, 5) is 10.8. The molecule has 0 spiro atoms. The molecular weight excluding hydrogens is 257 g/mol. The van der Waals surface area contributed by atoms with E-state index in [0.717, 1.165) is 43.9 Å². The second-order valence-corrected chi connectivity index (χ2v) is 4.83. The molecule has 0 N–H and O–H groups in total. The van der Waals surface area contributed by atoms with Gasteiger partial charge in [0.05, 0.1) is 17.7 Å². The van der Waals surface area contributed by atoms with Crippen LogP contribution in [0.4, 0.5) is 13.2 Å². The average Bonchev–Trinajstić information content (AvgIpc) is 2.88. The molecule has 0 amide bonds. The van der Waals surface area contributed by atoms with Crippen LogP contribution in [0.1, 0.15) is 41.6 Å². The van der Waals surface area contributed by atoms with Crippen molar-refractivity contribution in [1.29, 1.82) is 0 Å². The number of halogens is 3. The Balaban J connectivity index is 2.13. The summed E-state index contributed by atoms with van der Waals surface area (Å²) in [5.41, 5.74) is -0.634. The van der Waals surface area contributed by atoms with Gasteiger partial charge < -0.3 is 4.74 Å². The van der Waals surface area contributed by atoms with E-state index in [4.69, 9.17) is 4.74 Å². The lowest BCUT2D eigenvalue weighted by Crippen LogP contribution is -2.11. The van der Waals surface area contributed by atoms with Gasteiger partial charge >= 0.3 is 6.18 Å². The summed E-state index contributed by atoms with van der Waals surface area (Å²) >= 11 is 0. The van der Waals surface area contributed by atoms with Crippen LogP contribution in [0, 0.1) is 5.92 Å². The normalized spacial score (nSPS) is 16.6. The fourth-order valence-corrected chi connectivity index (χ4v) is 2.32. The van der Waals surface area contributed by atoms with Crippen LogP contribution in [0.25, 0.3) is 0 Å². The van der Waals surface area contributed by atoms with Gasteiger partial charge in [0.2, 0.25) is 0 Å². The molecule has 0 radical (unpaired) electrons. The number of hydrogen-bond donors (Lipinski definition) is 0. The molecule has 19 heavy (non-hydrogen) atoms. The van der Waals surface area contributed by atoms with Gasteiger partial charge in [0.15, 0.2) is 6.29 Å². The Morgan fingerprint density at radius 3 is 2.53 bits per heavy atom. The highest BCUT2D eigenvalue weighted by Crippen LogP contribution is 2.33. The predicted octanol–water partition coefficient (Wildman–Crippen LogP) is 4.09. The lowest BCUT2D eigenvalue weighted by atomic mass is 10.1. The number of carbonyl (C=O) groups excluding carboxylic acids is 1. The molecule has 104 valence electrons. The Bertz CT molecular complexity index is 448. The van der Waals surface area contributed by atoms with Crippen molar-refractivity contribution < 1.29 is 22.7 Å². The fraction of sp³-hybridized carbons (Fsp3) is 0.500. The van der Waals surface area contributed by atoms with Crippen molar-refractivity contribution >= 4 is 6.29 Å². The van der Waals surface area contributed by atoms with Gasteiger partial charge in [0.25, 0.3) is 0 Å². The van der Waals surface area contributed by atoms with E-state index in [-0.39, 0.29) is 11.3 Å². The Hall–Kier alpha value is -1.52. The molecule has 2 rings (SSSR count). The van der Waals surface area contributed by atoms with Crippen LogP contribution >= 0.6 is 0 Å². The lowest BCUT2D eigenvalue weighted by Gasteiger charge is -2.14. The van der Waals surface area contributed by atoms with Crippen molar-refractivity contribution in [3.05, 3.63) is 29.3 Å². The van der Waals surface area contributed by atoms with Gasteiger partial charge in [-0.25, -0.2) is 0 Å². The number of hydrogen-bond acceptors (Lipinski definition) is 2. The largest absolute Gasteiger partial charge is 0.493 e. The zero-order valence-corrected chi connectivity index (χ0v) is 10.4. The minimum Gasteiger partial charge on any atom is -0.493 e. The number of ether oxygens (including phenoxy) is 1. The van der Waals surface area contributed by atoms with Crippen LogP contribution in [-0.4, -0.2) is 12.9 Å². The molecule has 0 heterocycles. The van der Waals surface area contributed by atoms with E-state index in [9.17, 15) is 18.0 Å². The molecule has 0 atom stereocenters. The molecule has 1 aliphatic rings.